The highest BCUT2D eigenvalue weighted by Gasteiger charge is 2.23. The van der Waals surface area contributed by atoms with Gasteiger partial charge in [0, 0.05) is 6.21 Å². The highest BCUT2D eigenvalue weighted by atomic mass is 16.5. The van der Waals surface area contributed by atoms with Gasteiger partial charge in [0.1, 0.15) is 0 Å². The van der Waals surface area contributed by atoms with Crippen molar-refractivity contribution < 1.29 is 14.6 Å². The summed E-state index contributed by atoms with van der Waals surface area (Å²) in [6, 6.07) is 7.24. The van der Waals surface area contributed by atoms with E-state index in [4.69, 9.17) is 4.74 Å². The number of hydrogen-bond donors (Lipinski definition) is 1. The Morgan fingerprint density at radius 1 is 1.44 bits per heavy atom. The van der Waals surface area contributed by atoms with Crippen molar-refractivity contribution in [3.05, 3.63) is 41.5 Å². The van der Waals surface area contributed by atoms with Crippen LogP contribution in [-0.2, 0) is 4.74 Å². The first-order valence-electron chi connectivity index (χ1n) is 9.07. The van der Waals surface area contributed by atoms with E-state index < -0.39 is 5.60 Å². The average Bonchev–Trinajstić information content (AvgIpc) is 2.60. The van der Waals surface area contributed by atoms with Crippen LogP contribution in [0.5, 0.6) is 0 Å². The number of hydrogen-bond acceptors (Lipinski definition) is 4. The second-order valence-corrected chi connectivity index (χ2v) is 7.11. The first-order chi connectivity index (χ1) is 11.9. The van der Waals surface area contributed by atoms with E-state index in [0.29, 0.717) is 17.2 Å². The summed E-state index contributed by atoms with van der Waals surface area (Å²) in [5, 5.41) is 10.4. The van der Waals surface area contributed by atoms with E-state index in [1.807, 2.05) is 31.3 Å². The van der Waals surface area contributed by atoms with Gasteiger partial charge in [-0.1, -0.05) is 37.1 Å². The molecule has 0 amide bonds. The van der Waals surface area contributed by atoms with Crippen molar-refractivity contribution in [2.75, 3.05) is 7.11 Å². The predicted octanol–water partition coefficient (Wildman–Crippen LogP) is 4.84. The number of benzene rings is 1. The molecule has 1 aliphatic rings. The quantitative estimate of drug-likeness (QED) is 0.438. The second-order valence-electron chi connectivity index (χ2n) is 7.11. The molecular formula is C21H29NO3. The summed E-state index contributed by atoms with van der Waals surface area (Å²) in [7, 11) is 1.38. The molecule has 0 spiro atoms. The normalized spacial score (nSPS) is 20.2. The molecule has 0 radical (unpaired) electrons. The third kappa shape index (κ3) is 5.82. The van der Waals surface area contributed by atoms with Gasteiger partial charge in [-0.3, -0.25) is 4.99 Å². The monoisotopic (exact) mass is 343 g/mol. The average molecular weight is 343 g/mol. The Hall–Kier alpha value is -1.94. The lowest BCUT2D eigenvalue weighted by atomic mass is 9.83. The number of esters is 1. The largest absolute Gasteiger partial charge is 0.465 e. The summed E-state index contributed by atoms with van der Waals surface area (Å²) >= 11 is 0. The van der Waals surface area contributed by atoms with Crippen LogP contribution in [0.15, 0.2) is 40.9 Å². The van der Waals surface area contributed by atoms with Gasteiger partial charge in [-0.15, -0.1) is 0 Å². The molecule has 0 saturated carbocycles. The Kier molecular flexibility index (Phi) is 6.94. The minimum atomic E-state index is -0.596. The molecule has 4 nitrogen and oxygen atoms in total. The minimum Gasteiger partial charge on any atom is -0.465 e. The fraction of sp³-hybridized carbons (Fsp3) is 0.524. The number of para-hydroxylation sites is 1. The first-order valence-corrected chi connectivity index (χ1v) is 9.07. The Balaban J connectivity index is 1.98. The van der Waals surface area contributed by atoms with Crippen LogP contribution in [0.4, 0.5) is 5.69 Å². The molecule has 2 atom stereocenters. The molecule has 1 N–H and O–H groups in total. The van der Waals surface area contributed by atoms with Crippen LogP contribution in [0.2, 0.25) is 0 Å². The molecule has 1 aliphatic carbocycles. The van der Waals surface area contributed by atoms with Crippen LogP contribution in [-0.4, -0.2) is 30.0 Å². The van der Waals surface area contributed by atoms with E-state index in [1.54, 1.807) is 6.07 Å². The molecule has 0 saturated heterocycles. The summed E-state index contributed by atoms with van der Waals surface area (Å²) in [6.45, 7) is 4.02. The lowest BCUT2D eigenvalue weighted by molar-refractivity contribution is 0.0492. The molecule has 1 aromatic carbocycles. The van der Waals surface area contributed by atoms with Crippen LogP contribution < -0.4 is 0 Å². The topological polar surface area (TPSA) is 58.9 Å². The maximum absolute atomic E-state index is 11.8. The Bertz CT molecular complexity index is 646. The van der Waals surface area contributed by atoms with Crippen LogP contribution in [0.1, 0.15) is 62.7 Å². The molecule has 0 heterocycles. The number of ether oxygens (including phenoxy) is 1. The van der Waals surface area contributed by atoms with Gasteiger partial charge in [-0.25, -0.2) is 4.79 Å². The van der Waals surface area contributed by atoms with Crippen LogP contribution in [0.3, 0.4) is 0 Å². The summed E-state index contributed by atoms with van der Waals surface area (Å²) in [5.41, 5.74) is 1.89. The molecule has 0 aliphatic heterocycles. The maximum atomic E-state index is 11.8. The number of nitrogens with zero attached hydrogens (tertiary/aromatic N) is 1. The summed E-state index contributed by atoms with van der Waals surface area (Å²) < 4.78 is 4.80. The van der Waals surface area contributed by atoms with Gasteiger partial charge >= 0.3 is 5.97 Å². The van der Waals surface area contributed by atoms with E-state index >= 15 is 0 Å². The fourth-order valence-electron chi connectivity index (χ4n) is 3.38. The Labute approximate surface area is 150 Å². The molecule has 25 heavy (non-hydrogen) atoms. The van der Waals surface area contributed by atoms with Gasteiger partial charge in [0.15, 0.2) is 0 Å². The smallest absolute Gasteiger partial charge is 0.340 e. The van der Waals surface area contributed by atoms with Gasteiger partial charge in [0.25, 0.3) is 0 Å². The number of methoxy groups -OCH3 is 1. The summed E-state index contributed by atoms with van der Waals surface area (Å²) in [4.78, 5) is 16.3. The number of carbonyl (C=O) groups is 1. The van der Waals surface area contributed by atoms with Crippen molar-refractivity contribution in [3.8, 4) is 0 Å². The van der Waals surface area contributed by atoms with Crippen LogP contribution >= 0.6 is 0 Å². The zero-order valence-electron chi connectivity index (χ0n) is 15.5. The molecule has 0 aromatic heterocycles. The van der Waals surface area contributed by atoms with Crippen LogP contribution in [0, 0.1) is 5.92 Å². The van der Waals surface area contributed by atoms with Gasteiger partial charge in [0.2, 0.25) is 0 Å². The number of aliphatic imine (C=N–C) groups is 1. The first kappa shape index (κ1) is 19.4. The van der Waals surface area contributed by atoms with E-state index in [2.05, 4.69) is 18.0 Å². The number of allylic oxidation sites excluding steroid dienone is 1. The molecule has 2 rings (SSSR count). The third-order valence-corrected chi connectivity index (χ3v) is 4.68. The van der Waals surface area contributed by atoms with Crippen molar-refractivity contribution >= 4 is 17.9 Å². The molecule has 0 fully saturated rings. The van der Waals surface area contributed by atoms with Crippen LogP contribution in [0.25, 0.3) is 0 Å². The molecule has 0 bridgehead atoms. The molecule has 4 heteroatoms. The minimum absolute atomic E-state index is 0.364. The third-order valence-electron chi connectivity index (χ3n) is 4.68. The summed E-state index contributed by atoms with van der Waals surface area (Å²) in [5.74, 6) is 0.00214. The standard InChI is InChI=1S/C21H29NO3/c1-4-13-21(2,24)14-16-9-11-17(12-10-16)15-22-19-8-6-5-7-18(19)20(23)25-3/h5-9,15,17,24H,4,10-14H2,1-3H3. The molecule has 1 aromatic rings. The second kappa shape index (κ2) is 8.95. The lowest BCUT2D eigenvalue weighted by Gasteiger charge is -2.27. The van der Waals surface area contributed by atoms with E-state index in [1.165, 1.54) is 12.7 Å². The SMILES string of the molecule is CCCC(C)(O)CC1=CCC(C=Nc2ccccc2C(=O)OC)CC1. The van der Waals surface area contributed by atoms with Gasteiger partial charge < -0.3 is 9.84 Å². The van der Waals surface area contributed by atoms with Gasteiger partial charge in [-0.05, 0) is 57.1 Å². The molecule has 136 valence electrons. The highest BCUT2D eigenvalue weighted by molar-refractivity contribution is 5.95. The number of carbonyl (C=O) groups excluding carboxylic acids is 1. The highest BCUT2D eigenvalue weighted by Crippen LogP contribution is 2.30. The van der Waals surface area contributed by atoms with Crippen molar-refractivity contribution in [1.29, 1.82) is 0 Å². The zero-order chi connectivity index (χ0) is 18.3. The van der Waals surface area contributed by atoms with Gasteiger partial charge in [-0.2, -0.15) is 0 Å². The van der Waals surface area contributed by atoms with Crippen molar-refractivity contribution in [3.63, 3.8) is 0 Å². The van der Waals surface area contributed by atoms with Gasteiger partial charge in [0.05, 0.1) is 24.0 Å². The molecule has 2 unspecified atom stereocenters. The van der Waals surface area contributed by atoms with Crippen molar-refractivity contribution in [2.24, 2.45) is 10.9 Å². The van der Waals surface area contributed by atoms with E-state index in [0.717, 1.165) is 38.5 Å². The zero-order valence-corrected chi connectivity index (χ0v) is 15.5. The predicted molar refractivity (Wildman–Crippen MR) is 102 cm³/mol. The number of aliphatic hydroxyl groups is 1. The summed E-state index contributed by atoms with van der Waals surface area (Å²) in [6.07, 6.45) is 9.73. The molecular weight excluding hydrogens is 314 g/mol. The van der Waals surface area contributed by atoms with E-state index in [-0.39, 0.29) is 5.97 Å². The number of rotatable bonds is 7. The fourth-order valence-corrected chi connectivity index (χ4v) is 3.38. The van der Waals surface area contributed by atoms with Crippen molar-refractivity contribution in [2.45, 2.75) is 58.0 Å². The van der Waals surface area contributed by atoms with Crippen molar-refractivity contribution in [1.82, 2.24) is 0 Å². The Morgan fingerprint density at radius 2 is 2.20 bits per heavy atom. The maximum Gasteiger partial charge on any atom is 0.340 e. The lowest BCUT2D eigenvalue weighted by Crippen LogP contribution is -2.25. The van der Waals surface area contributed by atoms with E-state index in [9.17, 15) is 9.90 Å². The Morgan fingerprint density at radius 3 is 2.84 bits per heavy atom.